The summed E-state index contributed by atoms with van der Waals surface area (Å²) >= 11 is 0. The van der Waals surface area contributed by atoms with Crippen LogP contribution in [0, 0.1) is 0 Å². The van der Waals surface area contributed by atoms with Crippen molar-refractivity contribution in [2.75, 3.05) is 31.6 Å². The fourth-order valence-corrected chi connectivity index (χ4v) is 4.68. The summed E-state index contributed by atoms with van der Waals surface area (Å²) in [5.41, 5.74) is 11.2. The molecular formula is C14H33N2P. The summed E-state index contributed by atoms with van der Waals surface area (Å²) in [6.45, 7) is 3.99. The monoisotopic (exact) mass is 260 g/mol. The van der Waals surface area contributed by atoms with Crippen LogP contribution >= 0.6 is 7.92 Å². The molecule has 0 fully saturated rings. The minimum atomic E-state index is 0.243. The molecule has 0 aliphatic heterocycles. The number of hydrogen-bond acceptors (Lipinski definition) is 2. The van der Waals surface area contributed by atoms with Crippen LogP contribution in [-0.2, 0) is 0 Å². The summed E-state index contributed by atoms with van der Waals surface area (Å²) in [5.74, 6) is 0. The topological polar surface area (TPSA) is 52.0 Å². The molecule has 0 rings (SSSR count). The molecule has 0 aromatic heterocycles. The van der Waals surface area contributed by atoms with Crippen molar-refractivity contribution in [2.45, 2.75) is 58.3 Å². The maximum atomic E-state index is 5.60. The van der Waals surface area contributed by atoms with Crippen LogP contribution in [0.4, 0.5) is 0 Å². The van der Waals surface area contributed by atoms with Crippen LogP contribution in [0.25, 0.3) is 0 Å². The quantitative estimate of drug-likeness (QED) is 0.393. The van der Waals surface area contributed by atoms with Gasteiger partial charge in [-0.05, 0) is 50.8 Å². The van der Waals surface area contributed by atoms with Gasteiger partial charge in [-0.25, -0.2) is 0 Å². The second-order valence-corrected chi connectivity index (χ2v) is 7.58. The normalized spacial score (nSPS) is 11.3. The molecular weight excluding hydrogens is 227 g/mol. The Hall–Kier alpha value is 0.350. The Kier molecular flexibility index (Phi) is 14.7. The Morgan fingerprint density at radius 3 is 1.65 bits per heavy atom. The van der Waals surface area contributed by atoms with Crippen molar-refractivity contribution < 1.29 is 0 Å². The van der Waals surface area contributed by atoms with E-state index in [4.69, 9.17) is 11.5 Å². The van der Waals surface area contributed by atoms with Gasteiger partial charge < -0.3 is 11.5 Å². The summed E-state index contributed by atoms with van der Waals surface area (Å²) < 4.78 is 0. The van der Waals surface area contributed by atoms with Crippen LogP contribution in [0.3, 0.4) is 0 Å². The highest BCUT2D eigenvalue weighted by atomic mass is 31.1. The predicted molar refractivity (Wildman–Crippen MR) is 82.2 cm³/mol. The molecule has 2 nitrogen and oxygen atoms in total. The largest absolute Gasteiger partial charge is 0.330 e. The minimum absolute atomic E-state index is 0.243. The molecule has 0 bridgehead atoms. The molecule has 3 heteroatoms. The standard InChI is InChI=1S/C14H33N2P/c1-2-3-4-5-6-7-12-17(13-8-10-15)14-9-11-16/h2-16H2,1H3. The molecule has 4 N–H and O–H groups in total. The van der Waals surface area contributed by atoms with E-state index in [0.29, 0.717) is 0 Å². The Balaban J connectivity index is 3.45. The minimum Gasteiger partial charge on any atom is -0.330 e. The zero-order valence-corrected chi connectivity index (χ0v) is 12.7. The van der Waals surface area contributed by atoms with Crippen LogP contribution < -0.4 is 11.5 Å². The van der Waals surface area contributed by atoms with E-state index in [2.05, 4.69) is 6.92 Å². The number of hydrogen-bond donors (Lipinski definition) is 2. The number of nitrogens with two attached hydrogens (primary N) is 2. The number of unbranched alkanes of at least 4 members (excludes halogenated alkanes) is 5. The lowest BCUT2D eigenvalue weighted by Crippen LogP contribution is -2.06. The molecule has 0 unspecified atom stereocenters. The molecule has 17 heavy (non-hydrogen) atoms. The first-order chi connectivity index (χ1) is 8.35. The van der Waals surface area contributed by atoms with Crippen molar-refractivity contribution in [1.82, 2.24) is 0 Å². The molecule has 0 amide bonds. The fraction of sp³-hybridized carbons (Fsp3) is 1.00. The highest BCUT2D eigenvalue weighted by Gasteiger charge is 2.06. The van der Waals surface area contributed by atoms with Gasteiger partial charge in [0, 0.05) is 0 Å². The Morgan fingerprint density at radius 1 is 0.647 bits per heavy atom. The Labute approximate surface area is 110 Å². The molecule has 0 saturated heterocycles. The average Bonchev–Trinajstić information content (AvgIpc) is 2.35. The van der Waals surface area contributed by atoms with Crippen LogP contribution in [0.1, 0.15) is 58.3 Å². The van der Waals surface area contributed by atoms with Gasteiger partial charge in [0.05, 0.1) is 0 Å². The van der Waals surface area contributed by atoms with Crippen molar-refractivity contribution in [2.24, 2.45) is 11.5 Å². The van der Waals surface area contributed by atoms with E-state index in [-0.39, 0.29) is 7.92 Å². The zero-order valence-electron chi connectivity index (χ0n) is 11.8. The van der Waals surface area contributed by atoms with Crippen LogP contribution in [0.15, 0.2) is 0 Å². The van der Waals surface area contributed by atoms with E-state index >= 15 is 0 Å². The molecule has 0 spiro atoms. The molecule has 0 heterocycles. The highest BCUT2D eigenvalue weighted by Crippen LogP contribution is 2.37. The van der Waals surface area contributed by atoms with Gasteiger partial charge in [-0.1, -0.05) is 39.0 Å². The summed E-state index contributed by atoms with van der Waals surface area (Å²) in [5, 5.41) is 0. The third kappa shape index (κ3) is 12.6. The molecule has 0 atom stereocenters. The second kappa shape index (κ2) is 14.4. The lowest BCUT2D eigenvalue weighted by Gasteiger charge is -2.17. The first-order valence-electron chi connectivity index (χ1n) is 7.47. The smallest absolute Gasteiger partial charge is 0.00739 e. The molecule has 0 saturated carbocycles. The van der Waals surface area contributed by atoms with E-state index in [1.165, 1.54) is 69.9 Å². The first-order valence-corrected chi connectivity index (χ1v) is 9.37. The molecule has 0 radical (unpaired) electrons. The van der Waals surface area contributed by atoms with Crippen LogP contribution in [0.2, 0.25) is 0 Å². The first kappa shape index (κ1) is 17.4. The van der Waals surface area contributed by atoms with Crippen molar-refractivity contribution in [3.63, 3.8) is 0 Å². The van der Waals surface area contributed by atoms with Crippen molar-refractivity contribution in [3.05, 3.63) is 0 Å². The molecule has 0 aromatic rings. The zero-order chi connectivity index (χ0) is 12.8. The van der Waals surface area contributed by atoms with Gasteiger partial charge >= 0.3 is 0 Å². The van der Waals surface area contributed by atoms with E-state index in [0.717, 1.165) is 13.1 Å². The summed E-state index contributed by atoms with van der Waals surface area (Å²) in [4.78, 5) is 0. The number of rotatable bonds is 13. The average molecular weight is 260 g/mol. The van der Waals surface area contributed by atoms with E-state index < -0.39 is 0 Å². The van der Waals surface area contributed by atoms with Gasteiger partial charge in [0.2, 0.25) is 0 Å². The molecule has 104 valence electrons. The second-order valence-electron chi connectivity index (χ2n) is 4.89. The maximum Gasteiger partial charge on any atom is -0.00739 e. The van der Waals surface area contributed by atoms with Gasteiger partial charge in [-0.3, -0.25) is 0 Å². The third-order valence-electron chi connectivity index (χ3n) is 3.18. The Bertz CT molecular complexity index is 134. The van der Waals surface area contributed by atoms with E-state index in [1.54, 1.807) is 0 Å². The molecule has 0 aliphatic rings. The van der Waals surface area contributed by atoms with Gasteiger partial charge in [-0.2, -0.15) is 0 Å². The predicted octanol–water partition coefficient (Wildman–Crippen LogP) is 3.53. The third-order valence-corrected chi connectivity index (χ3v) is 6.03. The van der Waals surface area contributed by atoms with Gasteiger partial charge in [0.1, 0.15) is 0 Å². The lowest BCUT2D eigenvalue weighted by atomic mass is 10.1. The fourth-order valence-electron chi connectivity index (χ4n) is 2.08. The van der Waals surface area contributed by atoms with Crippen molar-refractivity contribution >= 4 is 7.92 Å². The van der Waals surface area contributed by atoms with Gasteiger partial charge in [-0.15, -0.1) is 7.92 Å². The lowest BCUT2D eigenvalue weighted by molar-refractivity contribution is 0.626. The van der Waals surface area contributed by atoms with Gasteiger partial charge in [0.15, 0.2) is 0 Å². The Morgan fingerprint density at radius 2 is 1.12 bits per heavy atom. The SMILES string of the molecule is CCCCCCCCP(CCCN)CCCN. The van der Waals surface area contributed by atoms with Crippen LogP contribution in [-0.4, -0.2) is 31.6 Å². The molecule has 0 aliphatic carbocycles. The summed E-state index contributed by atoms with van der Waals surface area (Å²) in [7, 11) is 0.243. The van der Waals surface area contributed by atoms with Gasteiger partial charge in [0.25, 0.3) is 0 Å². The van der Waals surface area contributed by atoms with Crippen molar-refractivity contribution in [1.29, 1.82) is 0 Å². The highest BCUT2D eigenvalue weighted by molar-refractivity contribution is 7.57. The van der Waals surface area contributed by atoms with Crippen molar-refractivity contribution in [3.8, 4) is 0 Å². The summed E-state index contributed by atoms with van der Waals surface area (Å²) in [6.07, 6.45) is 15.1. The summed E-state index contributed by atoms with van der Waals surface area (Å²) in [6, 6.07) is 0. The maximum absolute atomic E-state index is 5.60. The van der Waals surface area contributed by atoms with E-state index in [1.807, 2.05) is 0 Å². The molecule has 0 aromatic carbocycles. The van der Waals surface area contributed by atoms with E-state index in [9.17, 15) is 0 Å². The van der Waals surface area contributed by atoms with Crippen LogP contribution in [0.5, 0.6) is 0 Å².